The molecule has 1 aliphatic rings. The summed E-state index contributed by atoms with van der Waals surface area (Å²) in [7, 11) is 0. The standard InChI is InChI=1S/C34H30N4O3S/c1-3-41-26-18-16-24(17-19-26)32-28(20-35)34(36-22(2)31(32)33(40)37-25-12-5-4-6-13-25)42-21-30(39)38-29-15-9-11-23-10-7-8-14-27(23)29/h4-19,32,36H,3,21H2,1-2H3,(H,37,40)(H,38,39)/t32-/m1/s1. The van der Waals surface area contributed by atoms with Gasteiger partial charge in [0.2, 0.25) is 5.91 Å². The van der Waals surface area contributed by atoms with Gasteiger partial charge in [-0.05, 0) is 55.1 Å². The highest BCUT2D eigenvalue weighted by Gasteiger charge is 2.35. The SMILES string of the molecule is CCOc1ccc([C@@H]2C(C#N)=C(SCC(=O)Nc3cccc4ccccc34)NC(C)=C2C(=O)Nc2ccccc2)cc1. The average Bonchev–Trinajstić information content (AvgIpc) is 3.01. The second kappa shape index (κ2) is 13.1. The highest BCUT2D eigenvalue weighted by atomic mass is 32.2. The van der Waals surface area contributed by atoms with Gasteiger partial charge in [0.05, 0.1) is 34.9 Å². The monoisotopic (exact) mass is 574 g/mol. The highest BCUT2D eigenvalue weighted by Crippen LogP contribution is 2.41. The van der Waals surface area contributed by atoms with Gasteiger partial charge in [0.25, 0.3) is 5.91 Å². The Morgan fingerprint density at radius 2 is 1.64 bits per heavy atom. The fraction of sp³-hybridized carbons (Fsp3) is 0.147. The number of nitriles is 1. The summed E-state index contributed by atoms with van der Waals surface area (Å²) in [6, 6.07) is 32.6. The van der Waals surface area contributed by atoms with Crippen molar-refractivity contribution in [1.29, 1.82) is 5.26 Å². The van der Waals surface area contributed by atoms with Crippen molar-refractivity contribution in [3.05, 3.63) is 124 Å². The number of allylic oxidation sites excluding steroid dienone is 2. The Hall–Kier alpha value is -5.00. The lowest BCUT2D eigenvalue weighted by atomic mass is 9.82. The van der Waals surface area contributed by atoms with E-state index >= 15 is 0 Å². The van der Waals surface area contributed by atoms with Gasteiger partial charge in [-0.15, -0.1) is 0 Å². The second-order valence-corrected chi connectivity index (χ2v) is 10.6. The molecule has 2 amide bonds. The number of carbonyl (C=O) groups is 2. The van der Waals surface area contributed by atoms with Gasteiger partial charge in [-0.25, -0.2) is 0 Å². The molecule has 0 saturated carbocycles. The highest BCUT2D eigenvalue weighted by molar-refractivity contribution is 8.03. The van der Waals surface area contributed by atoms with Crippen LogP contribution in [0.4, 0.5) is 11.4 Å². The third-order valence-electron chi connectivity index (χ3n) is 6.86. The molecule has 0 unspecified atom stereocenters. The Kier molecular flexibility index (Phi) is 8.90. The van der Waals surface area contributed by atoms with Crippen LogP contribution in [0.3, 0.4) is 0 Å². The van der Waals surface area contributed by atoms with E-state index in [4.69, 9.17) is 4.74 Å². The maximum Gasteiger partial charge on any atom is 0.254 e. The molecule has 0 saturated heterocycles. The number of rotatable bonds is 9. The van der Waals surface area contributed by atoms with E-state index in [1.54, 1.807) is 0 Å². The molecule has 4 aromatic carbocycles. The van der Waals surface area contributed by atoms with Crippen LogP contribution in [-0.2, 0) is 9.59 Å². The molecule has 4 aromatic rings. The molecule has 210 valence electrons. The van der Waals surface area contributed by atoms with Crippen LogP contribution >= 0.6 is 11.8 Å². The van der Waals surface area contributed by atoms with Crippen LogP contribution in [0.15, 0.2) is 119 Å². The summed E-state index contributed by atoms with van der Waals surface area (Å²) in [5, 5.41) is 22.1. The van der Waals surface area contributed by atoms with Crippen LogP contribution in [0.1, 0.15) is 25.3 Å². The van der Waals surface area contributed by atoms with Crippen LogP contribution < -0.4 is 20.7 Å². The van der Waals surface area contributed by atoms with Crippen LogP contribution in [0.2, 0.25) is 0 Å². The Bertz CT molecular complexity index is 1720. The molecule has 42 heavy (non-hydrogen) atoms. The van der Waals surface area contributed by atoms with Crippen molar-refractivity contribution in [3.63, 3.8) is 0 Å². The predicted molar refractivity (Wildman–Crippen MR) is 169 cm³/mol. The number of benzene rings is 4. The Balaban J connectivity index is 1.43. The van der Waals surface area contributed by atoms with Crippen molar-refractivity contribution >= 4 is 45.7 Å². The van der Waals surface area contributed by atoms with Gasteiger partial charge < -0.3 is 20.7 Å². The number of para-hydroxylation sites is 1. The van der Waals surface area contributed by atoms with Crippen molar-refractivity contribution < 1.29 is 14.3 Å². The molecule has 0 bridgehead atoms. The average molecular weight is 575 g/mol. The van der Waals surface area contributed by atoms with Gasteiger partial charge in [-0.3, -0.25) is 9.59 Å². The minimum absolute atomic E-state index is 0.0750. The van der Waals surface area contributed by atoms with E-state index in [2.05, 4.69) is 22.0 Å². The molecule has 8 heteroatoms. The molecule has 0 spiro atoms. The first-order chi connectivity index (χ1) is 20.5. The number of thioether (sulfide) groups is 1. The molecular formula is C34H30N4O3S. The number of hydrogen-bond acceptors (Lipinski definition) is 6. The van der Waals surface area contributed by atoms with E-state index in [-0.39, 0.29) is 17.6 Å². The molecule has 7 nitrogen and oxygen atoms in total. The summed E-state index contributed by atoms with van der Waals surface area (Å²) >= 11 is 1.24. The van der Waals surface area contributed by atoms with Gasteiger partial charge in [0.1, 0.15) is 5.75 Å². The maximum absolute atomic E-state index is 13.6. The molecule has 0 aromatic heterocycles. The topological polar surface area (TPSA) is 103 Å². The summed E-state index contributed by atoms with van der Waals surface area (Å²) in [5.74, 6) is -0.371. The van der Waals surface area contributed by atoms with Gasteiger partial charge in [0, 0.05) is 28.0 Å². The normalized spacial score (nSPS) is 14.6. The van der Waals surface area contributed by atoms with Gasteiger partial charge in [0.15, 0.2) is 0 Å². The largest absolute Gasteiger partial charge is 0.494 e. The lowest BCUT2D eigenvalue weighted by Gasteiger charge is -2.30. The van der Waals surface area contributed by atoms with Crippen LogP contribution in [0.25, 0.3) is 10.8 Å². The fourth-order valence-electron chi connectivity index (χ4n) is 4.96. The van der Waals surface area contributed by atoms with Crippen molar-refractivity contribution in [1.82, 2.24) is 5.32 Å². The summed E-state index contributed by atoms with van der Waals surface area (Å²) in [6.07, 6.45) is 0. The Labute approximate surface area is 249 Å². The van der Waals surface area contributed by atoms with Crippen molar-refractivity contribution in [2.45, 2.75) is 19.8 Å². The molecule has 3 N–H and O–H groups in total. The first-order valence-electron chi connectivity index (χ1n) is 13.6. The number of fused-ring (bicyclic) bond motifs is 1. The van der Waals surface area contributed by atoms with E-state index in [9.17, 15) is 14.9 Å². The summed E-state index contributed by atoms with van der Waals surface area (Å²) in [5.41, 5.74) is 3.56. The number of hydrogen-bond donors (Lipinski definition) is 3. The smallest absolute Gasteiger partial charge is 0.254 e. The van der Waals surface area contributed by atoms with Crippen molar-refractivity contribution in [2.24, 2.45) is 0 Å². The quantitative estimate of drug-likeness (QED) is 0.200. The molecule has 1 aliphatic heterocycles. The van der Waals surface area contributed by atoms with Crippen molar-refractivity contribution in [2.75, 3.05) is 23.0 Å². The predicted octanol–water partition coefficient (Wildman–Crippen LogP) is 6.95. The minimum Gasteiger partial charge on any atom is -0.494 e. The maximum atomic E-state index is 13.6. The summed E-state index contributed by atoms with van der Waals surface area (Å²) in [4.78, 5) is 26.7. The lowest BCUT2D eigenvalue weighted by Crippen LogP contribution is -2.31. The van der Waals surface area contributed by atoms with Gasteiger partial charge in [-0.2, -0.15) is 5.26 Å². The van der Waals surface area contributed by atoms with E-state index in [1.165, 1.54) is 11.8 Å². The zero-order valence-corrected chi connectivity index (χ0v) is 24.1. The molecule has 1 atom stereocenters. The number of dihydropyridines is 1. The van der Waals surface area contributed by atoms with E-state index in [0.29, 0.717) is 39.9 Å². The second-order valence-electron chi connectivity index (χ2n) is 9.64. The third-order valence-corrected chi connectivity index (χ3v) is 7.88. The van der Waals surface area contributed by atoms with E-state index in [1.807, 2.05) is 111 Å². The Morgan fingerprint density at radius 1 is 0.929 bits per heavy atom. The zero-order chi connectivity index (χ0) is 29.5. The first-order valence-corrected chi connectivity index (χ1v) is 14.6. The fourth-order valence-corrected chi connectivity index (χ4v) is 5.85. The van der Waals surface area contributed by atoms with Gasteiger partial charge in [-0.1, -0.05) is 78.5 Å². The number of amides is 2. The number of ether oxygens (including phenoxy) is 1. The van der Waals surface area contributed by atoms with Crippen molar-refractivity contribution in [3.8, 4) is 11.8 Å². The number of carbonyl (C=O) groups excluding carboxylic acids is 2. The summed E-state index contributed by atoms with van der Waals surface area (Å²) in [6.45, 7) is 4.25. The number of anilines is 2. The zero-order valence-electron chi connectivity index (χ0n) is 23.3. The van der Waals surface area contributed by atoms with E-state index in [0.717, 1.165) is 22.0 Å². The number of nitrogens with one attached hydrogen (secondary N) is 3. The molecule has 0 aliphatic carbocycles. The van der Waals surface area contributed by atoms with Gasteiger partial charge >= 0.3 is 0 Å². The minimum atomic E-state index is -0.640. The van der Waals surface area contributed by atoms with Crippen LogP contribution in [-0.4, -0.2) is 24.2 Å². The summed E-state index contributed by atoms with van der Waals surface area (Å²) < 4.78 is 5.61. The van der Waals surface area contributed by atoms with Crippen LogP contribution in [0.5, 0.6) is 5.75 Å². The third kappa shape index (κ3) is 6.32. The lowest BCUT2D eigenvalue weighted by molar-refractivity contribution is -0.114. The molecule has 0 radical (unpaired) electrons. The van der Waals surface area contributed by atoms with Crippen LogP contribution in [0, 0.1) is 11.3 Å². The molecular weight excluding hydrogens is 544 g/mol. The molecule has 1 heterocycles. The number of nitrogens with zero attached hydrogens (tertiary/aromatic N) is 1. The molecule has 0 fully saturated rings. The Morgan fingerprint density at radius 3 is 2.38 bits per heavy atom. The van der Waals surface area contributed by atoms with E-state index < -0.39 is 5.92 Å². The molecule has 5 rings (SSSR count). The first kappa shape index (κ1) is 28.5.